The second-order valence-electron chi connectivity index (χ2n) is 6.04. The van der Waals surface area contributed by atoms with Crippen LogP contribution in [0.1, 0.15) is 5.56 Å². The summed E-state index contributed by atoms with van der Waals surface area (Å²) in [7, 11) is -0.0921. The van der Waals surface area contributed by atoms with E-state index in [0.717, 1.165) is 44.8 Å². The highest BCUT2D eigenvalue weighted by atomic mass is 32.2. The Balaban J connectivity index is 2.37. The Hall–Kier alpha value is -1.15. The lowest BCUT2D eigenvalue weighted by Gasteiger charge is -2.28. The van der Waals surface area contributed by atoms with E-state index < -0.39 is 10.1 Å². The van der Waals surface area contributed by atoms with Gasteiger partial charge in [0.2, 0.25) is 0 Å². The summed E-state index contributed by atoms with van der Waals surface area (Å²) in [5.41, 5.74) is 1.56. The van der Waals surface area contributed by atoms with Crippen molar-refractivity contribution in [1.29, 1.82) is 0 Å². The summed E-state index contributed by atoms with van der Waals surface area (Å²) in [5.74, 6) is 0. The first-order chi connectivity index (χ1) is 10.3. The maximum absolute atomic E-state index is 11.7. The first kappa shape index (κ1) is 17.2. The van der Waals surface area contributed by atoms with Gasteiger partial charge in [-0.3, -0.25) is 4.55 Å². The van der Waals surface area contributed by atoms with Crippen LogP contribution in [0.25, 0.3) is 0 Å². The number of aryl methyl sites for hydroxylation is 1. The maximum atomic E-state index is 11.7. The van der Waals surface area contributed by atoms with Gasteiger partial charge in [0.1, 0.15) is 4.90 Å². The van der Waals surface area contributed by atoms with Crippen LogP contribution in [0, 0.1) is 6.92 Å². The van der Waals surface area contributed by atoms with E-state index in [9.17, 15) is 13.0 Å². The van der Waals surface area contributed by atoms with Crippen molar-refractivity contribution in [2.24, 2.45) is 0 Å². The van der Waals surface area contributed by atoms with Gasteiger partial charge in [0.25, 0.3) is 10.1 Å². The SMILES string of the molecule is Cc1ccc(S(=O)(=O)O)c(N2CCN(C)CCN(C)CC2)c1. The Kier molecular flexibility index (Phi) is 5.44. The zero-order valence-corrected chi connectivity index (χ0v) is 14.3. The number of anilines is 1. The minimum atomic E-state index is -4.23. The molecule has 1 N–H and O–H groups in total. The van der Waals surface area contributed by atoms with E-state index in [1.54, 1.807) is 6.07 Å². The molecule has 0 saturated carbocycles. The van der Waals surface area contributed by atoms with Gasteiger partial charge in [-0.1, -0.05) is 6.07 Å². The molecule has 0 atom stereocenters. The number of rotatable bonds is 2. The Morgan fingerprint density at radius 1 is 0.955 bits per heavy atom. The van der Waals surface area contributed by atoms with Crippen molar-refractivity contribution in [2.45, 2.75) is 11.8 Å². The molecule has 0 spiro atoms. The fourth-order valence-corrected chi connectivity index (χ4v) is 3.29. The highest BCUT2D eigenvalue weighted by Crippen LogP contribution is 2.26. The Morgan fingerprint density at radius 2 is 1.45 bits per heavy atom. The van der Waals surface area contributed by atoms with E-state index in [1.807, 2.05) is 13.0 Å². The van der Waals surface area contributed by atoms with E-state index >= 15 is 0 Å². The van der Waals surface area contributed by atoms with Crippen LogP contribution in [0.15, 0.2) is 23.1 Å². The van der Waals surface area contributed by atoms with Crippen LogP contribution in [0.5, 0.6) is 0 Å². The molecule has 1 aliphatic heterocycles. The molecule has 6 nitrogen and oxygen atoms in total. The number of likely N-dealkylation sites (N-methyl/N-ethyl adjacent to an activating group) is 2. The largest absolute Gasteiger partial charge is 0.368 e. The molecule has 0 amide bonds. The smallest absolute Gasteiger partial charge is 0.296 e. The quantitative estimate of drug-likeness (QED) is 0.815. The summed E-state index contributed by atoms with van der Waals surface area (Å²) in [4.78, 5) is 6.51. The van der Waals surface area contributed by atoms with Crippen LogP contribution < -0.4 is 4.90 Å². The van der Waals surface area contributed by atoms with Crippen molar-refractivity contribution in [3.8, 4) is 0 Å². The predicted molar refractivity (Wildman–Crippen MR) is 88.2 cm³/mol. The first-order valence-corrected chi connectivity index (χ1v) is 8.91. The molecule has 0 bridgehead atoms. The first-order valence-electron chi connectivity index (χ1n) is 7.47. The number of nitrogens with zero attached hydrogens (tertiary/aromatic N) is 3. The summed E-state index contributed by atoms with van der Waals surface area (Å²) in [6.45, 7) is 7.07. The van der Waals surface area contributed by atoms with Crippen LogP contribution in [0.3, 0.4) is 0 Å². The average Bonchev–Trinajstić information content (AvgIpc) is 2.50. The molecule has 7 heteroatoms. The van der Waals surface area contributed by atoms with Crippen molar-refractivity contribution in [3.63, 3.8) is 0 Å². The van der Waals surface area contributed by atoms with Gasteiger partial charge in [0, 0.05) is 39.3 Å². The summed E-state index contributed by atoms with van der Waals surface area (Å²) < 4.78 is 32.8. The van der Waals surface area contributed by atoms with Crippen molar-refractivity contribution >= 4 is 15.8 Å². The molecule has 1 heterocycles. The number of benzene rings is 1. The minimum absolute atomic E-state index is 0.0114. The molecule has 1 saturated heterocycles. The molecule has 0 unspecified atom stereocenters. The molecule has 0 aliphatic carbocycles. The third kappa shape index (κ3) is 4.42. The number of hydrogen-bond donors (Lipinski definition) is 1. The molecule has 1 aliphatic rings. The Labute approximate surface area is 133 Å². The van der Waals surface area contributed by atoms with E-state index in [-0.39, 0.29) is 4.90 Å². The van der Waals surface area contributed by atoms with Gasteiger partial charge >= 0.3 is 0 Å². The predicted octanol–water partition coefficient (Wildman–Crippen LogP) is 0.925. The second kappa shape index (κ2) is 6.95. The van der Waals surface area contributed by atoms with Gasteiger partial charge < -0.3 is 14.7 Å². The third-order valence-electron chi connectivity index (χ3n) is 4.10. The Bertz CT molecular complexity index is 604. The summed E-state index contributed by atoms with van der Waals surface area (Å²) in [5, 5.41) is 0. The van der Waals surface area contributed by atoms with E-state index in [1.165, 1.54) is 6.07 Å². The molecule has 1 aromatic carbocycles. The standard InChI is InChI=1S/C15H25N3O3S/c1-13-4-5-15(22(19,20)21)14(12-13)18-10-8-16(2)6-7-17(3)9-11-18/h4-5,12H,6-11H2,1-3H3,(H,19,20,21). The second-order valence-corrected chi connectivity index (χ2v) is 7.43. The maximum Gasteiger partial charge on any atom is 0.296 e. The topological polar surface area (TPSA) is 64.1 Å². The van der Waals surface area contributed by atoms with Crippen LogP contribution in [0.4, 0.5) is 5.69 Å². The minimum Gasteiger partial charge on any atom is -0.368 e. The molecule has 22 heavy (non-hydrogen) atoms. The van der Waals surface area contributed by atoms with Crippen molar-refractivity contribution in [2.75, 3.05) is 58.3 Å². The van der Waals surface area contributed by atoms with Gasteiger partial charge in [0.15, 0.2) is 0 Å². The lowest BCUT2D eigenvalue weighted by atomic mass is 10.2. The van der Waals surface area contributed by atoms with E-state index in [0.29, 0.717) is 5.69 Å². The molecular weight excluding hydrogens is 302 g/mol. The van der Waals surface area contributed by atoms with Crippen molar-refractivity contribution in [3.05, 3.63) is 23.8 Å². The van der Waals surface area contributed by atoms with Crippen molar-refractivity contribution < 1.29 is 13.0 Å². The third-order valence-corrected chi connectivity index (χ3v) is 5.00. The van der Waals surface area contributed by atoms with Gasteiger partial charge in [-0.2, -0.15) is 8.42 Å². The summed E-state index contributed by atoms with van der Waals surface area (Å²) in [6, 6.07) is 5.03. The van der Waals surface area contributed by atoms with Crippen LogP contribution in [-0.2, 0) is 10.1 Å². The highest BCUT2D eigenvalue weighted by Gasteiger charge is 2.21. The summed E-state index contributed by atoms with van der Waals surface area (Å²) in [6.07, 6.45) is 0. The lowest BCUT2D eigenvalue weighted by Crippen LogP contribution is -2.35. The van der Waals surface area contributed by atoms with E-state index in [2.05, 4.69) is 28.8 Å². The van der Waals surface area contributed by atoms with E-state index in [4.69, 9.17) is 0 Å². The fourth-order valence-electron chi connectivity index (χ4n) is 2.59. The molecule has 124 valence electrons. The Morgan fingerprint density at radius 3 is 1.95 bits per heavy atom. The van der Waals surface area contributed by atoms with Gasteiger partial charge in [-0.15, -0.1) is 0 Å². The number of hydrogen-bond acceptors (Lipinski definition) is 5. The van der Waals surface area contributed by atoms with Crippen LogP contribution in [0.2, 0.25) is 0 Å². The zero-order valence-electron chi connectivity index (χ0n) is 13.5. The molecule has 2 rings (SSSR count). The monoisotopic (exact) mass is 327 g/mol. The molecular formula is C15H25N3O3S. The fraction of sp³-hybridized carbons (Fsp3) is 0.600. The van der Waals surface area contributed by atoms with Gasteiger partial charge in [-0.05, 0) is 38.7 Å². The summed E-state index contributed by atoms with van der Waals surface area (Å²) >= 11 is 0. The van der Waals surface area contributed by atoms with Crippen molar-refractivity contribution in [1.82, 2.24) is 9.80 Å². The molecule has 0 radical (unpaired) electrons. The van der Waals surface area contributed by atoms with Gasteiger partial charge in [0.05, 0.1) is 5.69 Å². The molecule has 1 fully saturated rings. The van der Waals surface area contributed by atoms with Crippen LogP contribution in [-0.4, -0.2) is 76.1 Å². The van der Waals surface area contributed by atoms with Crippen LogP contribution >= 0.6 is 0 Å². The average molecular weight is 327 g/mol. The van der Waals surface area contributed by atoms with Gasteiger partial charge in [-0.25, -0.2) is 0 Å². The normalized spacial score (nSPS) is 19.5. The lowest BCUT2D eigenvalue weighted by molar-refractivity contribution is 0.277. The zero-order chi connectivity index (χ0) is 16.3. The molecule has 1 aromatic rings. The highest BCUT2D eigenvalue weighted by molar-refractivity contribution is 7.86. The molecule has 0 aromatic heterocycles.